The Labute approximate surface area is 287 Å². The molecular weight excluding hydrogens is 620 g/mol. The average Bonchev–Trinajstić information content (AvgIpc) is 3.37. The first-order chi connectivity index (χ1) is 23.6. The van der Waals surface area contributed by atoms with Gasteiger partial charge in [0.15, 0.2) is 11.5 Å². The average molecular weight is 669 g/mol. The number of ether oxygens (including phenoxy) is 2. The Bertz CT molecular complexity index is 1790. The van der Waals surface area contributed by atoms with Crippen molar-refractivity contribution in [2.45, 2.75) is 58.1 Å². The molecule has 0 radical (unpaired) electrons. The summed E-state index contributed by atoms with van der Waals surface area (Å²) in [6, 6.07) is 17.1. The maximum absolute atomic E-state index is 14.1. The number of imidazole rings is 1. The van der Waals surface area contributed by atoms with Crippen LogP contribution in [0.3, 0.4) is 0 Å². The van der Waals surface area contributed by atoms with Crippen molar-refractivity contribution in [3.63, 3.8) is 0 Å². The number of hydrogen-bond acceptors (Lipinski definition) is 9. The molecule has 2 aromatic heterocycles. The van der Waals surface area contributed by atoms with Crippen LogP contribution in [0.5, 0.6) is 11.5 Å². The summed E-state index contributed by atoms with van der Waals surface area (Å²) >= 11 is 0. The molecule has 12 heteroatoms. The molecule has 260 valence electrons. The minimum Gasteiger partial charge on any atom is -0.457 e. The first kappa shape index (κ1) is 33.1. The van der Waals surface area contributed by atoms with Gasteiger partial charge in [-0.2, -0.15) is 0 Å². The Morgan fingerprint density at radius 1 is 0.837 bits per heavy atom. The molecule has 0 bridgehead atoms. The number of likely N-dealkylation sites (tertiary alicyclic amines) is 1. The molecule has 2 aromatic carbocycles. The van der Waals surface area contributed by atoms with Gasteiger partial charge >= 0.3 is 11.8 Å². The molecule has 49 heavy (non-hydrogen) atoms. The molecule has 2 saturated heterocycles. The summed E-state index contributed by atoms with van der Waals surface area (Å²) in [5.41, 5.74) is 7.57. The number of aromatic nitrogens is 4. The molecule has 1 saturated carbocycles. The number of carbonyl (C=O) groups is 1. The van der Waals surface area contributed by atoms with Gasteiger partial charge in [0.1, 0.15) is 28.9 Å². The highest BCUT2D eigenvalue weighted by Gasteiger charge is 2.35. The molecule has 3 fully saturated rings. The van der Waals surface area contributed by atoms with Crippen LogP contribution >= 0.6 is 0 Å². The van der Waals surface area contributed by atoms with Crippen molar-refractivity contribution >= 4 is 23.1 Å². The molecule has 4 heterocycles. The van der Waals surface area contributed by atoms with E-state index >= 15 is 0 Å². The number of para-hydroxylation sites is 1. The van der Waals surface area contributed by atoms with E-state index in [2.05, 4.69) is 19.8 Å². The van der Waals surface area contributed by atoms with Crippen molar-refractivity contribution < 1.29 is 14.3 Å². The second-order valence-corrected chi connectivity index (χ2v) is 14.8. The molecule has 2 N–H and O–H groups in total. The van der Waals surface area contributed by atoms with E-state index in [0.717, 1.165) is 82.8 Å². The fourth-order valence-electron chi connectivity index (χ4n) is 7.63. The zero-order chi connectivity index (χ0) is 34.1. The molecule has 12 nitrogen and oxygen atoms in total. The molecule has 0 spiro atoms. The van der Waals surface area contributed by atoms with E-state index in [1.807, 2.05) is 84.8 Å². The minimum absolute atomic E-state index is 0.0379. The highest BCUT2D eigenvalue weighted by molar-refractivity contribution is 5.84. The fourth-order valence-corrected chi connectivity index (χ4v) is 7.63. The lowest BCUT2D eigenvalue weighted by Gasteiger charge is -2.44. The fraction of sp³-hybridized carbons (Fsp3) is 0.514. The quantitative estimate of drug-likeness (QED) is 0.271. The van der Waals surface area contributed by atoms with Crippen LogP contribution in [-0.4, -0.2) is 97.9 Å². The maximum Gasteiger partial charge on any atom is 0.410 e. The summed E-state index contributed by atoms with van der Waals surface area (Å²) in [4.78, 5) is 42.2. The number of carbonyl (C=O) groups excluding carboxylic acids is 1. The van der Waals surface area contributed by atoms with Crippen LogP contribution in [0.15, 0.2) is 65.7 Å². The zero-order valence-electron chi connectivity index (χ0n) is 28.8. The molecule has 7 rings (SSSR count). The number of amides is 1. The SMILES string of the molecule is CC(C)(C)OC(=O)N1CCN(CC2CC(CN3CCC(n4c(=O)n(-c5ccc(Oc6ccccc6)cc5)c5c(N)ncnc54)CC3)C2)CC1. The second-order valence-electron chi connectivity index (χ2n) is 14.8. The molecule has 1 aliphatic carbocycles. The Balaban J connectivity index is 0.924. The van der Waals surface area contributed by atoms with Crippen LogP contribution in [-0.2, 0) is 4.74 Å². The molecule has 2 aliphatic heterocycles. The predicted octanol–water partition coefficient (Wildman–Crippen LogP) is 5.17. The first-order valence-corrected chi connectivity index (χ1v) is 17.6. The van der Waals surface area contributed by atoms with E-state index in [1.165, 1.54) is 19.2 Å². The van der Waals surface area contributed by atoms with Crippen LogP contribution in [0.1, 0.15) is 52.5 Å². The van der Waals surface area contributed by atoms with E-state index < -0.39 is 5.60 Å². The van der Waals surface area contributed by atoms with Gasteiger partial charge in [-0.15, -0.1) is 0 Å². The third kappa shape index (κ3) is 7.45. The van der Waals surface area contributed by atoms with Crippen molar-refractivity contribution in [2.75, 3.05) is 58.1 Å². The largest absolute Gasteiger partial charge is 0.457 e. The number of nitrogen functional groups attached to an aromatic ring is 1. The van der Waals surface area contributed by atoms with Gasteiger partial charge in [-0.1, -0.05) is 18.2 Å². The predicted molar refractivity (Wildman–Crippen MR) is 189 cm³/mol. The molecule has 0 unspecified atom stereocenters. The van der Waals surface area contributed by atoms with Gasteiger partial charge in [0.05, 0.1) is 5.69 Å². The van der Waals surface area contributed by atoms with Gasteiger partial charge in [-0.3, -0.25) is 14.0 Å². The highest BCUT2D eigenvalue weighted by atomic mass is 16.6. The molecule has 1 amide bonds. The van der Waals surface area contributed by atoms with Gasteiger partial charge in [0.25, 0.3) is 0 Å². The van der Waals surface area contributed by atoms with Crippen LogP contribution in [0.2, 0.25) is 0 Å². The summed E-state index contributed by atoms with van der Waals surface area (Å²) in [7, 11) is 0. The number of hydrogen-bond donors (Lipinski definition) is 1. The lowest BCUT2D eigenvalue weighted by atomic mass is 9.74. The van der Waals surface area contributed by atoms with Gasteiger partial charge in [-0.25, -0.2) is 19.6 Å². The van der Waals surface area contributed by atoms with Crippen LogP contribution in [0.25, 0.3) is 16.9 Å². The summed E-state index contributed by atoms with van der Waals surface area (Å²) in [5.74, 6) is 3.16. The third-order valence-electron chi connectivity index (χ3n) is 10.1. The Morgan fingerprint density at radius 3 is 2.08 bits per heavy atom. The van der Waals surface area contributed by atoms with Crippen LogP contribution in [0.4, 0.5) is 10.6 Å². The number of nitrogens with zero attached hydrogens (tertiary/aromatic N) is 7. The van der Waals surface area contributed by atoms with Crippen LogP contribution in [0, 0.1) is 11.8 Å². The van der Waals surface area contributed by atoms with Gasteiger partial charge in [0, 0.05) is 58.4 Å². The summed E-state index contributed by atoms with van der Waals surface area (Å²) < 4.78 is 15.0. The van der Waals surface area contributed by atoms with E-state index in [9.17, 15) is 9.59 Å². The summed E-state index contributed by atoms with van der Waals surface area (Å²) in [6.45, 7) is 13.1. The Kier molecular flexibility index (Phi) is 9.34. The molecular formula is C37H48N8O4. The van der Waals surface area contributed by atoms with E-state index in [1.54, 1.807) is 4.57 Å². The lowest BCUT2D eigenvalue weighted by molar-refractivity contribution is 0.00929. The van der Waals surface area contributed by atoms with Gasteiger partial charge in [-0.05, 0) is 94.7 Å². The minimum atomic E-state index is -0.459. The number of benzene rings is 2. The number of piperidine rings is 1. The number of nitrogens with two attached hydrogens (primary N) is 1. The number of fused-ring (bicyclic) bond motifs is 1. The Hall–Kier alpha value is -4.42. The summed E-state index contributed by atoms with van der Waals surface area (Å²) in [5, 5.41) is 0. The lowest BCUT2D eigenvalue weighted by Crippen LogP contribution is -2.52. The van der Waals surface area contributed by atoms with Crippen molar-refractivity contribution in [3.8, 4) is 17.2 Å². The van der Waals surface area contributed by atoms with E-state index in [-0.39, 0.29) is 23.6 Å². The number of anilines is 1. The topological polar surface area (TPSA) is 124 Å². The number of rotatable bonds is 8. The van der Waals surface area contributed by atoms with E-state index in [0.29, 0.717) is 22.6 Å². The normalized spacial score (nSPS) is 21.1. The monoisotopic (exact) mass is 668 g/mol. The van der Waals surface area contributed by atoms with Crippen LogP contribution < -0.4 is 16.2 Å². The summed E-state index contributed by atoms with van der Waals surface area (Å²) in [6.07, 6.45) is 5.51. The second kappa shape index (κ2) is 13.8. The standard InChI is InChI=1S/C37H48N8O4/c1-37(2,3)49-36(47)43-19-17-42(18-20-43)24-27-21-26(22-27)23-41-15-13-29(14-16-41)45-34-32(33(38)39-25-40-34)44(35(45)46)28-9-11-31(12-10-28)48-30-7-5-4-6-8-30/h4-12,25-27,29H,13-24H2,1-3H3,(H2,38,39,40). The number of piperazine rings is 1. The van der Waals surface area contributed by atoms with Crippen molar-refractivity contribution in [2.24, 2.45) is 11.8 Å². The van der Waals surface area contributed by atoms with Crippen molar-refractivity contribution in [3.05, 3.63) is 71.4 Å². The first-order valence-electron chi connectivity index (χ1n) is 17.6. The maximum atomic E-state index is 14.1. The van der Waals surface area contributed by atoms with Crippen molar-refractivity contribution in [1.29, 1.82) is 0 Å². The highest BCUT2D eigenvalue weighted by Crippen LogP contribution is 2.36. The Morgan fingerprint density at radius 2 is 1.45 bits per heavy atom. The van der Waals surface area contributed by atoms with Gasteiger partial charge < -0.3 is 25.0 Å². The van der Waals surface area contributed by atoms with Crippen molar-refractivity contribution in [1.82, 2.24) is 33.8 Å². The molecule has 4 aromatic rings. The smallest absolute Gasteiger partial charge is 0.410 e. The molecule has 0 atom stereocenters. The zero-order valence-corrected chi connectivity index (χ0v) is 28.8. The molecule has 3 aliphatic rings. The van der Waals surface area contributed by atoms with E-state index in [4.69, 9.17) is 15.2 Å². The van der Waals surface area contributed by atoms with Gasteiger partial charge in [0.2, 0.25) is 0 Å². The third-order valence-corrected chi connectivity index (χ3v) is 10.1.